The number of hydrogen-bond donors (Lipinski definition) is 1. The summed E-state index contributed by atoms with van der Waals surface area (Å²) >= 11 is 6.03. The third kappa shape index (κ3) is 4.53. The van der Waals surface area contributed by atoms with Crippen molar-refractivity contribution in [1.82, 2.24) is 5.32 Å². The molecule has 32 heavy (non-hydrogen) atoms. The number of hydrogen-bond acceptors (Lipinski definition) is 3. The predicted octanol–water partition coefficient (Wildman–Crippen LogP) is 5.14. The molecule has 1 fully saturated rings. The first-order valence-corrected chi connectivity index (χ1v) is 11.3. The number of amides is 1. The molecule has 1 amide bonds. The summed E-state index contributed by atoms with van der Waals surface area (Å²) in [5.41, 5.74) is 1.73. The second-order valence-electron chi connectivity index (χ2n) is 8.65. The monoisotopic (exact) mass is 465 g/mol. The highest BCUT2D eigenvalue weighted by atomic mass is 35.5. The van der Waals surface area contributed by atoms with Crippen LogP contribution in [0.25, 0.3) is 0 Å². The Balaban J connectivity index is 1.67. The predicted molar refractivity (Wildman–Crippen MR) is 121 cm³/mol. The molecule has 2 aromatic rings. The molecule has 1 N–H and O–H groups in total. The Bertz CT molecular complexity index is 979. The van der Waals surface area contributed by atoms with Crippen molar-refractivity contribution in [3.63, 3.8) is 0 Å². The van der Waals surface area contributed by atoms with E-state index in [-0.39, 0.29) is 24.4 Å². The Morgan fingerprint density at radius 3 is 2.56 bits per heavy atom. The van der Waals surface area contributed by atoms with Crippen LogP contribution in [-0.4, -0.2) is 37.6 Å². The largest absolute Gasteiger partial charge is 0.416 e. The number of fused-ring (bicyclic) bond motifs is 3. The van der Waals surface area contributed by atoms with Crippen LogP contribution >= 0.6 is 11.6 Å². The SMILES string of the molecule is CC[C@H](C)NC(=O)[C@H]1Cc2cc(C(F)(F)F)ccc2N2CCN(c3ccc(Cl)cc3)C[C@@H]12. The maximum absolute atomic E-state index is 13.3. The third-order valence-corrected chi connectivity index (χ3v) is 6.82. The van der Waals surface area contributed by atoms with Gasteiger partial charge in [-0.1, -0.05) is 18.5 Å². The highest BCUT2D eigenvalue weighted by molar-refractivity contribution is 6.30. The average Bonchev–Trinajstić information content (AvgIpc) is 2.77. The van der Waals surface area contributed by atoms with Crippen molar-refractivity contribution in [3.8, 4) is 0 Å². The number of carbonyl (C=O) groups is 1. The molecule has 4 nitrogen and oxygen atoms in total. The number of anilines is 2. The fourth-order valence-corrected chi connectivity index (χ4v) is 4.76. The molecule has 1 saturated heterocycles. The number of piperazine rings is 1. The topological polar surface area (TPSA) is 35.6 Å². The molecule has 0 spiro atoms. The van der Waals surface area contributed by atoms with Crippen molar-refractivity contribution in [3.05, 3.63) is 58.6 Å². The average molecular weight is 466 g/mol. The second-order valence-corrected chi connectivity index (χ2v) is 9.09. The number of rotatable bonds is 4. The lowest BCUT2D eigenvalue weighted by Gasteiger charge is -2.50. The Morgan fingerprint density at radius 2 is 1.91 bits per heavy atom. The number of alkyl halides is 3. The van der Waals surface area contributed by atoms with Crippen molar-refractivity contribution in [2.24, 2.45) is 5.92 Å². The zero-order valence-electron chi connectivity index (χ0n) is 18.1. The van der Waals surface area contributed by atoms with Gasteiger partial charge in [0.25, 0.3) is 0 Å². The first-order chi connectivity index (χ1) is 15.2. The van der Waals surface area contributed by atoms with E-state index >= 15 is 0 Å². The van der Waals surface area contributed by atoms with Crippen molar-refractivity contribution < 1.29 is 18.0 Å². The van der Waals surface area contributed by atoms with Crippen molar-refractivity contribution in [2.45, 2.75) is 44.9 Å². The molecule has 4 rings (SSSR count). The zero-order valence-corrected chi connectivity index (χ0v) is 18.9. The minimum atomic E-state index is -4.41. The van der Waals surface area contributed by atoms with Crippen LogP contribution in [0.4, 0.5) is 24.5 Å². The summed E-state index contributed by atoms with van der Waals surface area (Å²) < 4.78 is 40.0. The minimum absolute atomic E-state index is 0.00909. The molecule has 0 radical (unpaired) electrons. The highest BCUT2D eigenvalue weighted by Gasteiger charge is 2.43. The van der Waals surface area contributed by atoms with Gasteiger partial charge < -0.3 is 15.1 Å². The molecule has 3 atom stereocenters. The fraction of sp³-hybridized carbons (Fsp3) is 0.458. The molecule has 2 aromatic carbocycles. The summed E-state index contributed by atoms with van der Waals surface area (Å²) in [5.74, 6) is -0.537. The van der Waals surface area contributed by atoms with Gasteiger partial charge in [-0.05, 0) is 67.8 Å². The van der Waals surface area contributed by atoms with E-state index in [4.69, 9.17) is 11.6 Å². The summed E-state index contributed by atoms with van der Waals surface area (Å²) in [4.78, 5) is 17.5. The van der Waals surface area contributed by atoms with Crippen LogP contribution in [0.3, 0.4) is 0 Å². The van der Waals surface area contributed by atoms with Crippen LogP contribution in [0.5, 0.6) is 0 Å². The highest BCUT2D eigenvalue weighted by Crippen LogP contribution is 2.40. The molecule has 2 aliphatic rings. The first-order valence-electron chi connectivity index (χ1n) is 10.9. The summed E-state index contributed by atoms with van der Waals surface area (Å²) in [6, 6.07) is 11.4. The second kappa shape index (κ2) is 8.85. The molecule has 2 heterocycles. The number of benzene rings is 2. The number of nitrogens with zero attached hydrogens (tertiary/aromatic N) is 2. The van der Waals surface area contributed by atoms with Gasteiger partial charge >= 0.3 is 6.18 Å². The molecule has 0 bridgehead atoms. The zero-order chi connectivity index (χ0) is 23.0. The Labute approximate surface area is 191 Å². The Kier molecular flexibility index (Phi) is 6.30. The number of halogens is 4. The van der Waals surface area contributed by atoms with Gasteiger partial charge in [-0.15, -0.1) is 0 Å². The lowest BCUT2D eigenvalue weighted by atomic mass is 9.82. The van der Waals surface area contributed by atoms with E-state index in [1.54, 1.807) is 6.07 Å². The molecular weight excluding hydrogens is 439 g/mol. The van der Waals surface area contributed by atoms with Gasteiger partial charge in [0.15, 0.2) is 0 Å². The molecule has 8 heteroatoms. The van der Waals surface area contributed by atoms with E-state index in [2.05, 4.69) is 15.1 Å². The van der Waals surface area contributed by atoms with Crippen LogP contribution in [0.1, 0.15) is 31.4 Å². The third-order valence-electron chi connectivity index (χ3n) is 6.57. The van der Waals surface area contributed by atoms with Crippen molar-refractivity contribution >= 4 is 28.9 Å². The Morgan fingerprint density at radius 1 is 1.19 bits per heavy atom. The lowest BCUT2D eigenvalue weighted by Crippen LogP contribution is -2.61. The molecule has 0 saturated carbocycles. The number of nitrogens with one attached hydrogen (secondary N) is 1. The van der Waals surface area contributed by atoms with Gasteiger partial charge in [0.2, 0.25) is 5.91 Å². The quantitative estimate of drug-likeness (QED) is 0.679. The normalized spacial score (nSPS) is 21.6. The van der Waals surface area contributed by atoms with Crippen LogP contribution in [0.2, 0.25) is 5.02 Å². The van der Waals surface area contributed by atoms with Crippen molar-refractivity contribution in [1.29, 1.82) is 0 Å². The summed E-state index contributed by atoms with van der Waals surface area (Å²) in [6.07, 6.45) is -3.33. The first kappa shape index (κ1) is 22.8. The minimum Gasteiger partial charge on any atom is -0.368 e. The van der Waals surface area contributed by atoms with Crippen molar-refractivity contribution in [2.75, 3.05) is 29.4 Å². The smallest absolute Gasteiger partial charge is 0.368 e. The lowest BCUT2D eigenvalue weighted by molar-refractivity contribution is -0.137. The van der Waals surface area contributed by atoms with Gasteiger partial charge in [0.1, 0.15) is 0 Å². The summed E-state index contributed by atoms with van der Waals surface area (Å²) in [5, 5.41) is 3.70. The number of carbonyl (C=O) groups excluding carboxylic acids is 1. The van der Waals surface area contributed by atoms with E-state index in [0.29, 0.717) is 30.2 Å². The van der Waals surface area contributed by atoms with Gasteiger partial charge in [-0.2, -0.15) is 13.2 Å². The van der Waals surface area contributed by atoms with Crippen LogP contribution in [-0.2, 0) is 17.4 Å². The molecule has 0 aromatic heterocycles. The molecular formula is C24H27ClF3N3O. The van der Waals surface area contributed by atoms with Crippen LogP contribution in [0.15, 0.2) is 42.5 Å². The fourth-order valence-electron chi connectivity index (χ4n) is 4.64. The molecule has 0 aliphatic carbocycles. The van der Waals surface area contributed by atoms with E-state index in [0.717, 1.165) is 23.9 Å². The molecule has 172 valence electrons. The molecule has 2 aliphatic heterocycles. The summed E-state index contributed by atoms with van der Waals surface area (Å²) in [6.45, 7) is 5.87. The van der Waals surface area contributed by atoms with E-state index < -0.39 is 17.7 Å². The standard InChI is InChI=1S/C24H27ClF3N3O/c1-3-15(2)29-23(32)20-13-16-12-17(24(26,27)28)4-9-21(16)31-11-10-30(14-22(20)31)19-7-5-18(25)6-8-19/h4-9,12,15,20,22H,3,10-11,13-14H2,1-2H3,(H,29,32)/t15-,20-,22-/m0/s1. The van der Waals surface area contributed by atoms with Crippen LogP contribution < -0.4 is 15.1 Å². The maximum atomic E-state index is 13.3. The van der Waals surface area contributed by atoms with Gasteiger partial charge in [-0.25, -0.2) is 0 Å². The van der Waals surface area contributed by atoms with Gasteiger partial charge in [0.05, 0.1) is 17.5 Å². The van der Waals surface area contributed by atoms with E-state index in [1.165, 1.54) is 6.07 Å². The van der Waals surface area contributed by atoms with E-state index in [1.807, 2.05) is 38.1 Å². The molecule has 0 unspecified atom stereocenters. The summed E-state index contributed by atoms with van der Waals surface area (Å²) in [7, 11) is 0. The Hall–Kier alpha value is -2.41. The van der Waals surface area contributed by atoms with Crippen LogP contribution in [0, 0.1) is 5.92 Å². The van der Waals surface area contributed by atoms with Gasteiger partial charge in [0, 0.05) is 42.1 Å². The van der Waals surface area contributed by atoms with Gasteiger partial charge in [-0.3, -0.25) is 4.79 Å². The van der Waals surface area contributed by atoms with E-state index in [9.17, 15) is 18.0 Å². The maximum Gasteiger partial charge on any atom is 0.416 e.